The van der Waals surface area contributed by atoms with Crippen molar-refractivity contribution in [3.63, 3.8) is 0 Å². The minimum Gasteiger partial charge on any atom is -0.251 e. The van der Waals surface area contributed by atoms with Gasteiger partial charge in [-0.25, -0.2) is 13.2 Å². The van der Waals surface area contributed by atoms with Crippen LogP contribution in [0.1, 0.15) is 101 Å². The molecule has 2 saturated carbocycles. The van der Waals surface area contributed by atoms with E-state index >= 15 is 0 Å². The fourth-order valence-electron chi connectivity index (χ4n) is 5.64. The molecule has 0 radical (unpaired) electrons. The van der Waals surface area contributed by atoms with Crippen LogP contribution in [-0.2, 0) is 0 Å². The molecule has 33 heavy (non-hydrogen) atoms. The number of hydrogen-bond acceptors (Lipinski definition) is 0. The molecule has 2 aliphatic carbocycles. The second kappa shape index (κ2) is 13.2. The molecule has 0 aliphatic heterocycles. The summed E-state index contributed by atoms with van der Waals surface area (Å²) in [6.45, 7) is 2.18. The molecule has 4 heteroatoms. The van der Waals surface area contributed by atoms with Gasteiger partial charge in [-0.05, 0) is 105 Å². The second-order valence-corrected chi connectivity index (χ2v) is 9.93. The first-order valence-corrected chi connectivity index (χ1v) is 12.8. The molecule has 0 nitrogen and oxygen atoms in total. The first-order valence-electron chi connectivity index (χ1n) is 12.8. The fraction of sp³-hybridized carbons (Fsp3) is 0.586. The van der Waals surface area contributed by atoms with Gasteiger partial charge in [0.15, 0.2) is 11.6 Å². The third kappa shape index (κ3) is 7.86. The van der Waals surface area contributed by atoms with Gasteiger partial charge in [-0.2, -0.15) is 0 Å². The summed E-state index contributed by atoms with van der Waals surface area (Å²) in [7, 11) is 0. The summed E-state index contributed by atoms with van der Waals surface area (Å²) in [5, 5.41) is 0. The Morgan fingerprint density at radius 1 is 0.636 bits per heavy atom. The molecular formula is C29H38F4. The number of alkyl halides is 1. The topological polar surface area (TPSA) is 0 Å². The lowest BCUT2D eigenvalue weighted by Gasteiger charge is -2.30. The maximum Gasteiger partial charge on any atom is 0.161 e. The van der Waals surface area contributed by atoms with Crippen LogP contribution in [0.4, 0.5) is 17.6 Å². The van der Waals surface area contributed by atoms with Crippen LogP contribution in [-0.4, -0.2) is 6.67 Å². The van der Waals surface area contributed by atoms with Crippen molar-refractivity contribution in [2.45, 2.75) is 89.4 Å². The molecule has 182 valence electrons. The molecule has 2 aromatic rings. The lowest BCUT2D eigenvalue weighted by Crippen LogP contribution is -2.15. The normalized spacial score (nSPS) is 25.2. The van der Waals surface area contributed by atoms with Gasteiger partial charge in [-0.3, -0.25) is 4.39 Å². The molecule has 4 rings (SSSR count). The van der Waals surface area contributed by atoms with E-state index in [1.807, 2.05) is 0 Å². The maximum absolute atomic E-state index is 12.5. The van der Waals surface area contributed by atoms with Gasteiger partial charge in [0, 0.05) is 6.07 Å². The highest BCUT2D eigenvalue weighted by Gasteiger charge is 2.24. The van der Waals surface area contributed by atoms with Gasteiger partial charge in [0.2, 0.25) is 0 Å². The van der Waals surface area contributed by atoms with Gasteiger partial charge in [-0.1, -0.05) is 44.0 Å². The molecule has 2 aliphatic rings. The Labute approximate surface area is 196 Å². The van der Waals surface area contributed by atoms with Crippen molar-refractivity contribution in [3.8, 4) is 0 Å². The Morgan fingerprint density at radius 3 is 1.52 bits per heavy atom. The van der Waals surface area contributed by atoms with E-state index in [1.54, 1.807) is 5.56 Å². The van der Waals surface area contributed by atoms with Gasteiger partial charge >= 0.3 is 0 Å². The highest BCUT2D eigenvalue weighted by Crippen LogP contribution is 2.40. The van der Waals surface area contributed by atoms with E-state index in [2.05, 4.69) is 31.2 Å². The van der Waals surface area contributed by atoms with Crippen LogP contribution in [0.3, 0.4) is 0 Å². The quantitative estimate of drug-likeness (QED) is 0.296. The molecule has 2 fully saturated rings. The van der Waals surface area contributed by atoms with Gasteiger partial charge < -0.3 is 0 Å². The van der Waals surface area contributed by atoms with Crippen LogP contribution in [0.2, 0.25) is 0 Å². The van der Waals surface area contributed by atoms with Gasteiger partial charge in [-0.15, -0.1) is 0 Å². The third-order valence-electron chi connectivity index (χ3n) is 7.67. The van der Waals surface area contributed by atoms with Crippen molar-refractivity contribution in [2.75, 3.05) is 6.67 Å². The lowest BCUT2D eigenvalue weighted by molar-refractivity contribution is 0.283. The van der Waals surface area contributed by atoms with Crippen molar-refractivity contribution >= 4 is 0 Å². The van der Waals surface area contributed by atoms with Crippen molar-refractivity contribution in [1.82, 2.24) is 0 Å². The molecule has 0 unspecified atom stereocenters. The van der Waals surface area contributed by atoms with E-state index < -0.39 is 17.5 Å². The molecule has 0 amide bonds. The predicted octanol–water partition coefficient (Wildman–Crippen LogP) is 9.50. The molecule has 0 heterocycles. The summed E-state index contributed by atoms with van der Waals surface area (Å²) in [5.41, 5.74) is 3.09. The average molecular weight is 463 g/mol. The zero-order chi connectivity index (χ0) is 23.6. The molecule has 0 bridgehead atoms. The maximum atomic E-state index is 12.5. The molecule has 0 atom stereocenters. The summed E-state index contributed by atoms with van der Waals surface area (Å²) in [6, 6.07) is 11.7. The second-order valence-electron chi connectivity index (χ2n) is 9.93. The molecule has 0 N–H and O–H groups in total. The Kier molecular flexibility index (Phi) is 10.3. The molecular weight excluding hydrogens is 424 g/mol. The largest absolute Gasteiger partial charge is 0.251 e. The zero-order valence-corrected chi connectivity index (χ0v) is 19.8. The van der Waals surface area contributed by atoms with Gasteiger partial charge in [0.05, 0.1) is 6.67 Å². The number of hydrogen-bond donors (Lipinski definition) is 0. The van der Waals surface area contributed by atoms with E-state index in [9.17, 15) is 17.6 Å². The zero-order valence-electron chi connectivity index (χ0n) is 19.8. The fourth-order valence-corrected chi connectivity index (χ4v) is 5.64. The third-order valence-corrected chi connectivity index (χ3v) is 7.67. The Hall–Kier alpha value is -1.84. The minimum atomic E-state index is -1.16. The highest BCUT2D eigenvalue weighted by molar-refractivity contribution is 5.28. The van der Waals surface area contributed by atoms with Crippen LogP contribution < -0.4 is 0 Å². The summed E-state index contributed by atoms with van der Waals surface area (Å²) in [5.74, 6) is 0.191. The van der Waals surface area contributed by atoms with Crippen LogP contribution in [0, 0.1) is 29.3 Å². The first kappa shape index (κ1) is 25.8. The SMILES string of the molecule is CCCC1CCC(c2ccc(C3CCC(CCF)CC3)cc2)CC1.Fc1ccc(F)c(F)c1. The molecule has 0 spiro atoms. The minimum absolute atomic E-state index is 0.134. The standard InChI is InChI=1S/C23H35F.C6H3F3/c1-2-3-18-4-8-20(9-5-18)22-12-14-23(15-13-22)21-10-6-19(7-11-21)16-17-24;7-4-1-2-5(8)6(9)3-4/h12-15,18-21H,2-11,16-17H2,1H3;1-3H. The lowest BCUT2D eigenvalue weighted by atomic mass is 9.75. The van der Waals surface area contributed by atoms with E-state index in [-0.39, 0.29) is 6.67 Å². The van der Waals surface area contributed by atoms with Crippen LogP contribution >= 0.6 is 0 Å². The first-order chi connectivity index (χ1) is 16.0. The van der Waals surface area contributed by atoms with Crippen LogP contribution in [0.25, 0.3) is 0 Å². The monoisotopic (exact) mass is 462 g/mol. The number of rotatable bonds is 6. The van der Waals surface area contributed by atoms with E-state index in [1.165, 1.54) is 69.8 Å². The van der Waals surface area contributed by atoms with Crippen LogP contribution in [0.5, 0.6) is 0 Å². The van der Waals surface area contributed by atoms with Crippen molar-refractivity contribution in [2.24, 2.45) is 11.8 Å². The smallest absolute Gasteiger partial charge is 0.161 e. The van der Waals surface area contributed by atoms with Crippen molar-refractivity contribution < 1.29 is 17.6 Å². The Bertz CT molecular complexity index is 771. The Morgan fingerprint density at radius 2 is 1.12 bits per heavy atom. The number of benzene rings is 2. The van der Waals surface area contributed by atoms with E-state index in [0.29, 0.717) is 12.0 Å². The molecule has 0 saturated heterocycles. The highest BCUT2D eigenvalue weighted by atomic mass is 19.2. The van der Waals surface area contributed by atoms with E-state index in [0.717, 1.165) is 36.3 Å². The summed E-state index contributed by atoms with van der Waals surface area (Å²) >= 11 is 0. The molecule has 0 aromatic heterocycles. The summed E-state index contributed by atoms with van der Waals surface area (Å²) in [4.78, 5) is 0. The Balaban J connectivity index is 0.000000286. The van der Waals surface area contributed by atoms with Crippen molar-refractivity contribution in [1.29, 1.82) is 0 Å². The van der Waals surface area contributed by atoms with Crippen LogP contribution in [0.15, 0.2) is 42.5 Å². The van der Waals surface area contributed by atoms with Gasteiger partial charge in [0.25, 0.3) is 0 Å². The predicted molar refractivity (Wildman–Crippen MR) is 128 cm³/mol. The average Bonchev–Trinajstić information content (AvgIpc) is 2.84. The number of halogens is 4. The van der Waals surface area contributed by atoms with Gasteiger partial charge in [0.1, 0.15) is 5.82 Å². The van der Waals surface area contributed by atoms with E-state index in [4.69, 9.17) is 0 Å². The molecule has 2 aromatic carbocycles. The summed E-state index contributed by atoms with van der Waals surface area (Å²) in [6.07, 6.45) is 14.1. The summed E-state index contributed by atoms with van der Waals surface area (Å²) < 4.78 is 48.3. The van der Waals surface area contributed by atoms with Crippen molar-refractivity contribution in [3.05, 3.63) is 71.0 Å².